The predicted octanol–water partition coefficient (Wildman–Crippen LogP) is 5.44. The van der Waals surface area contributed by atoms with Crippen LogP contribution in [0.3, 0.4) is 0 Å². The summed E-state index contributed by atoms with van der Waals surface area (Å²) in [5.41, 5.74) is 4.34. The molecule has 2 unspecified atom stereocenters. The van der Waals surface area contributed by atoms with Crippen LogP contribution in [0.4, 0.5) is 4.39 Å². The molecule has 35 heavy (non-hydrogen) atoms. The number of aromatic amines is 1. The van der Waals surface area contributed by atoms with Crippen molar-refractivity contribution < 1.29 is 8.81 Å². The van der Waals surface area contributed by atoms with Crippen LogP contribution in [-0.2, 0) is 6.54 Å². The lowest BCUT2D eigenvalue weighted by atomic mass is 9.90. The zero-order valence-corrected chi connectivity index (χ0v) is 19.4. The molecule has 0 bridgehead atoms. The molecule has 176 valence electrons. The number of benzene rings is 2. The van der Waals surface area contributed by atoms with Gasteiger partial charge in [-0.3, -0.25) is 15.0 Å². The van der Waals surface area contributed by atoms with Gasteiger partial charge in [0.25, 0.3) is 0 Å². The number of nitrogens with one attached hydrogen (secondary N) is 1. The van der Waals surface area contributed by atoms with Gasteiger partial charge in [-0.1, -0.05) is 25.1 Å². The molecule has 0 saturated carbocycles. The number of aromatic nitrogens is 5. The maximum Gasteiger partial charge on any atom is 0.247 e. The highest BCUT2D eigenvalue weighted by atomic mass is 19.1. The van der Waals surface area contributed by atoms with Crippen molar-refractivity contribution in [2.24, 2.45) is 5.92 Å². The minimum Gasteiger partial charge on any atom is -0.420 e. The minimum absolute atomic E-state index is 0.108. The number of hydrogen-bond donors (Lipinski definition) is 1. The van der Waals surface area contributed by atoms with E-state index in [2.05, 4.69) is 37.2 Å². The molecule has 3 aromatic heterocycles. The quantitative estimate of drug-likeness (QED) is 0.370. The summed E-state index contributed by atoms with van der Waals surface area (Å²) in [4.78, 5) is 6.37. The highest BCUT2D eigenvalue weighted by Crippen LogP contribution is 2.34. The SMILES string of the molecule is CC1CC(c2nnc(-c3ccc4[nH]nc(-c5ccncc5)c4c3)o2)CN(Cc2ccccc2F)C1. The molecule has 0 aliphatic carbocycles. The molecule has 7 nitrogen and oxygen atoms in total. The Morgan fingerprint density at radius 2 is 1.89 bits per heavy atom. The van der Waals surface area contributed by atoms with Gasteiger partial charge in [0.15, 0.2) is 0 Å². The first kappa shape index (κ1) is 21.6. The summed E-state index contributed by atoms with van der Waals surface area (Å²) < 4.78 is 20.4. The summed E-state index contributed by atoms with van der Waals surface area (Å²) in [6.07, 6.45) is 4.47. The second-order valence-corrected chi connectivity index (χ2v) is 9.34. The van der Waals surface area contributed by atoms with Gasteiger partial charge in [0.1, 0.15) is 11.5 Å². The van der Waals surface area contributed by atoms with Crippen LogP contribution in [0, 0.1) is 11.7 Å². The fourth-order valence-electron chi connectivity index (χ4n) is 5.03. The second kappa shape index (κ2) is 9.03. The number of pyridine rings is 1. The maximum atomic E-state index is 14.2. The molecule has 8 heteroatoms. The van der Waals surface area contributed by atoms with Crippen molar-refractivity contribution in [2.75, 3.05) is 13.1 Å². The van der Waals surface area contributed by atoms with Gasteiger partial charge in [-0.15, -0.1) is 10.2 Å². The molecule has 0 radical (unpaired) electrons. The lowest BCUT2D eigenvalue weighted by Gasteiger charge is -2.35. The Labute approximate surface area is 202 Å². The van der Waals surface area contributed by atoms with Crippen LogP contribution in [0.25, 0.3) is 33.6 Å². The standard InChI is InChI=1S/C27H25FN6O/c1-17-12-21(16-34(14-17)15-20-4-2-3-5-23(20)28)27-33-32-26(35-27)19-6-7-24-22(13-19)25(31-30-24)18-8-10-29-11-9-18/h2-11,13,17,21H,12,14-16H2,1H3,(H,30,31). The maximum absolute atomic E-state index is 14.2. The minimum atomic E-state index is -0.164. The first-order valence-corrected chi connectivity index (χ1v) is 11.8. The monoisotopic (exact) mass is 468 g/mol. The topological polar surface area (TPSA) is 83.7 Å². The fraction of sp³-hybridized carbons (Fsp3) is 0.259. The molecule has 1 aliphatic rings. The van der Waals surface area contributed by atoms with Gasteiger partial charge in [-0.25, -0.2) is 4.39 Å². The second-order valence-electron chi connectivity index (χ2n) is 9.34. The van der Waals surface area contributed by atoms with Crippen LogP contribution >= 0.6 is 0 Å². The first-order valence-electron chi connectivity index (χ1n) is 11.8. The molecule has 1 N–H and O–H groups in total. The van der Waals surface area contributed by atoms with Crippen LogP contribution < -0.4 is 0 Å². The van der Waals surface area contributed by atoms with Crippen molar-refractivity contribution in [1.29, 1.82) is 0 Å². The van der Waals surface area contributed by atoms with Gasteiger partial charge in [-0.05, 0) is 48.7 Å². The molecular formula is C27H25FN6O. The largest absolute Gasteiger partial charge is 0.420 e. The highest BCUT2D eigenvalue weighted by molar-refractivity contribution is 5.95. The number of rotatable bonds is 5. The summed E-state index contributed by atoms with van der Waals surface area (Å²) in [5, 5.41) is 17.3. The van der Waals surface area contributed by atoms with E-state index in [1.54, 1.807) is 18.5 Å². The molecule has 2 aromatic carbocycles. The van der Waals surface area contributed by atoms with Gasteiger partial charge < -0.3 is 4.42 Å². The van der Waals surface area contributed by atoms with Gasteiger partial charge >= 0.3 is 0 Å². The van der Waals surface area contributed by atoms with Crippen molar-refractivity contribution in [2.45, 2.75) is 25.8 Å². The van der Waals surface area contributed by atoms with Gasteiger partial charge in [0, 0.05) is 54.1 Å². The van der Waals surface area contributed by atoms with E-state index in [-0.39, 0.29) is 11.7 Å². The molecule has 1 fully saturated rings. The third-order valence-electron chi connectivity index (χ3n) is 6.64. The Balaban J connectivity index is 1.25. The normalized spacial score (nSPS) is 18.8. The van der Waals surface area contributed by atoms with Gasteiger partial charge in [-0.2, -0.15) is 5.10 Å². The van der Waals surface area contributed by atoms with E-state index in [0.29, 0.717) is 29.8 Å². The van der Waals surface area contributed by atoms with E-state index >= 15 is 0 Å². The first-order chi connectivity index (χ1) is 17.1. The van der Waals surface area contributed by atoms with Crippen molar-refractivity contribution >= 4 is 10.9 Å². The number of likely N-dealkylation sites (tertiary alicyclic amines) is 1. The zero-order valence-electron chi connectivity index (χ0n) is 19.4. The van der Waals surface area contributed by atoms with E-state index in [1.165, 1.54) is 6.07 Å². The van der Waals surface area contributed by atoms with Crippen molar-refractivity contribution in [1.82, 2.24) is 30.3 Å². The van der Waals surface area contributed by atoms with E-state index in [0.717, 1.165) is 47.2 Å². The molecule has 4 heterocycles. The third-order valence-corrected chi connectivity index (χ3v) is 6.64. The van der Waals surface area contributed by atoms with Crippen LogP contribution in [0.15, 0.2) is 71.4 Å². The van der Waals surface area contributed by atoms with Crippen molar-refractivity contribution in [3.05, 3.63) is 84.3 Å². The van der Waals surface area contributed by atoms with Gasteiger partial charge in [0.2, 0.25) is 11.8 Å². The Morgan fingerprint density at radius 3 is 2.74 bits per heavy atom. The number of H-pyrrole nitrogens is 1. The van der Waals surface area contributed by atoms with Crippen LogP contribution in [0.5, 0.6) is 0 Å². The summed E-state index contributed by atoms with van der Waals surface area (Å²) >= 11 is 0. The summed E-state index contributed by atoms with van der Waals surface area (Å²) in [6, 6.07) is 16.8. The van der Waals surface area contributed by atoms with Crippen molar-refractivity contribution in [3.8, 4) is 22.7 Å². The lowest BCUT2D eigenvalue weighted by molar-refractivity contribution is 0.144. The Morgan fingerprint density at radius 1 is 1.03 bits per heavy atom. The molecule has 0 amide bonds. The van der Waals surface area contributed by atoms with Crippen LogP contribution in [-0.4, -0.2) is 43.4 Å². The van der Waals surface area contributed by atoms with E-state index in [4.69, 9.17) is 4.42 Å². The van der Waals surface area contributed by atoms with Crippen molar-refractivity contribution in [3.63, 3.8) is 0 Å². The number of piperidine rings is 1. The molecule has 0 spiro atoms. The molecule has 1 aliphatic heterocycles. The van der Waals surface area contributed by atoms with E-state index < -0.39 is 0 Å². The number of nitrogens with zero attached hydrogens (tertiary/aromatic N) is 5. The Hall–Kier alpha value is -3.91. The Kier molecular flexibility index (Phi) is 5.58. The summed E-state index contributed by atoms with van der Waals surface area (Å²) in [5.74, 6) is 1.51. The Bertz CT molecular complexity index is 1460. The number of halogens is 1. The molecule has 2 atom stereocenters. The average molecular weight is 469 g/mol. The fourth-order valence-corrected chi connectivity index (χ4v) is 5.03. The third kappa shape index (κ3) is 4.33. The molecule has 1 saturated heterocycles. The van der Waals surface area contributed by atoms with E-state index in [9.17, 15) is 4.39 Å². The summed E-state index contributed by atoms with van der Waals surface area (Å²) in [7, 11) is 0. The van der Waals surface area contributed by atoms with Crippen LogP contribution in [0.2, 0.25) is 0 Å². The average Bonchev–Trinajstić information content (AvgIpc) is 3.53. The van der Waals surface area contributed by atoms with Gasteiger partial charge in [0.05, 0.1) is 11.4 Å². The molecule has 5 aromatic rings. The predicted molar refractivity (Wildman–Crippen MR) is 131 cm³/mol. The highest BCUT2D eigenvalue weighted by Gasteiger charge is 2.30. The van der Waals surface area contributed by atoms with Crippen LogP contribution in [0.1, 0.15) is 30.7 Å². The number of fused-ring (bicyclic) bond motifs is 1. The summed E-state index contributed by atoms with van der Waals surface area (Å²) in [6.45, 7) is 4.46. The lowest BCUT2D eigenvalue weighted by Crippen LogP contribution is -2.38. The zero-order chi connectivity index (χ0) is 23.8. The molecule has 6 rings (SSSR count). The molecular weight excluding hydrogens is 443 g/mol. The smallest absolute Gasteiger partial charge is 0.247 e. The van der Waals surface area contributed by atoms with E-state index in [1.807, 2.05) is 42.5 Å². The number of hydrogen-bond acceptors (Lipinski definition) is 6.